The number of alkyl halides is 3. The number of benzene rings is 3. The lowest BCUT2D eigenvalue weighted by Crippen LogP contribution is -2.17. The summed E-state index contributed by atoms with van der Waals surface area (Å²) in [6.07, 6.45) is -3.32. The van der Waals surface area contributed by atoms with Crippen LogP contribution in [0.15, 0.2) is 73.1 Å². The largest absolute Gasteiger partial charge is 0.417 e. The number of rotatable bonds is 5. The van der Waals surface area contributed by atoms with Crippen LogP contribution in [0.3, 0.4) is 0 Å². The number of aliphatic hydroxyl groups excluding tert-OH is 1. The van der Waals surface area contributed by atoms with Gasteiger partial charge in [-0.1, -0.05) is 42.5 Å². The molecule has 0 aliphatic carbocycles. The molecule has 3 N–H and O–H groups in total. The number of carbonyl (C=O) groups excluding carboxylic acids is 1. The predicted octanol–water partition coefficient (Wildman–Crippen LogP) is 6.15. The number of aliphatic hydroxyl groups is 1. The Morgan fingerprint density at radius 1 is 1.00 bits per heavy atom. The molecule has 7 nitrogen and oxygen atoms in total. The number of anilines is 1. The van der Waals surface area contributed by atoms with Crippen molar-refractivity contribution in [3.63, 3.8) is 0 Å². The smallest absolute Gasteiger partial charge is 0.387 e. The summed E-state index contributed by atoms with van der Waals surface area (Å²) in [5.41, 5.74) is -0.358. The zero-order chi connectivity index (χ0) is 27.0. The van der Waals surface area contributed by atoms with E-state index in [9.17, 15) is 23.1 Å². The van der Waals surface area contributed by atoms with Crippen LogP contribution in [0.5, 0.6) is 0 Å². The van der Waals surface area contributed by atoms with Crippen molar-refractivity contribution in [2.75, 3.05) is 5.32 Å². The molecule has 3 aromatic carbocycles. The molecule has 1 amide bonds. The standard InChI is InChI=1S/C27H19F4N5O2/c1-14(37)22-17-9-8-16(15-6-3-2-4-7-15)23(24(17)36-35-22)34-26(38)19-12-18(25-32-10-5-11-33-25)20(13-21(19)28)27(29,30)31/h2-14,37H,1H3,(H,34,38)(H,35,36)/t14-/m1/s1. The van der Waals surface area contributed by atoms with Crippen molar-refractivity contribution in [1.82, 2.24) is 20.2 Å². The summed E-state index contributed by atoms with van der Waals surface area (Å²) in [6, 6.07) is 14.9. The average molecular weight is 521 g/mol. The van der Waals surface area contributed by atoms with E-state index >= 15 is 4.39 Å². The highest BCUT2D eigenvalue weighted by molar-refractivity contribution is 6.12. The molecule has 0 spiro atoms. The zero-order valence-electron chi connectivity index (χ0n) is 19.7. The summed E-state index contributed by atoms with van der Waals surface area (Å²) < 4.78 is 56.2. The van der Waals surface area contributed by atoms with Gasteiger partial charge >= 0.3 is 6.18 Å². The summed E-state index contributed by atoms with van der Waals surface area (Å²) in [7, 11) is 0. The lowest BCUT2D eigenvalue weighted by molar-refractivity contribution is -0.137. The number of halogens is 4. The number of nitrogens with zero attached hydrogens (tertiary/aromatic N) is 3. The Labute approximate surface area is 213 Å². The molecule has 38 heavy (non-hydrogen) atoms. The molecule has 0 fully saturated rings. The SMILES string of the molecule is C[C@@H](O)c1[nH]nc2c(NC(=O)c3cc(-c4ncccn4)c(C(F)(F)F)cc3F)c(-c3ccccc3)ccc12. The first-order valence-corrected chi connectivity index (χ1v) is 11.4. The van der Waals surface area contributed by atoms with Crippen LogP contribution in [-0.2, 0) is 6.18 Å². The Bertz CT molecular complexity index is 1630. The summed E-state index contributed by atoms with van der Waals surface area (Å²) >= 11 is 0. The molecule has 192 valence electrons. The molecule has 5 aromatic rings. The topological polar surface area (TPSA) is 104 Å². The van der Waals surface area contributed by atoms with E-state index in [0.29, 0.717) is 22.2 Å². The van der Waals surface area contributed by atoms with Crippen molar-refractivity contribution in [3.05, 3.63) is 95.7 Å². The van der Waals surface area contributed by atoms with Gasteiger partial charge in [-0.3, -0.25) is 9.89 Å². The van der Waals surface area contributed by atoms with Crippen LogP contribution in [0.1, 0.15) is 34.6 Å². The van der Waals surface area contributed by atoms with Gasteiger partial charge in [-0.25, -0.2) is 14.4 Å². The molecular weight excluding hydrogens is 502 g/mol. The van der Waals surface area contributed by atoms with E-state index in [1.54, 1.807) is 43.3 Å². The number of carbonyl (C=O) groups is 1. The summed E-state index contributed by atoms with van der Waals surface area (Å²) in [4.78, 5) is 21.1. The highest BCUT2D eigenvalue weighted by atomic mass is 19.4. The van der Waals surface area contributed by atoms with Gasteiger partial charge in [-0.15, -0.1) is 0 Å². The van der Waals surface area contributed by atoms with Crippen LogP contribution in [0.4, 0.5) is 23.2 Å². The fourth-order valence-electron chi connectivity index (χ4n) is 4.19. The van der Waals surface area contributed by atoms with E-state index in [1.807, 2.05) is 6.07 Å². The third kappa shape index (κ3) is 4.59. The molecule has 0 unspecified atom stereocenters. The minimum absolute atomic E-state index is 0.193. The summed E-state index contributed by atoms with van der Waals surface area (Å²) in [5, 5.41) is 20.2. The molecular formula is C27H19F4N5O2. The number of amides is 1. The van der Waals surface area contributed by atoms with Gasteiger partial charge in [0, 0.05) is 28.9 Å². The van der Waals surface area contributed by atoms with Crippen LogP contribution in [0.2, 0.25) is 0 Å². The molecule has 5 rings (SSSR count). The first kappa shape index (κ1) is 25.0. The van der Waals surface area contributed by atoms with Crippen LogP contribution in [0, 0.1) is 5.82 Å². The third-order valence-corrected chi connectivity index (χ3v) is 5.96. The lowest BCUT2D eigenvalue weighted by Gasteiger charge is -2.16. The number of nitrogens with one attached hydrogen (secondary N) is 2. The van der Waals surface area contributed by atoms with E-state index in [-0.39, 0.29) is 23.1 Å². The maximum Gasteiger partial charge on any atom is 0.417 e. The van der Waals surface area contributed by atoms with Crippen LogP contribution < -0.4 is 5.32 Å². The maximum atomic E-state index is 15.0. The van der Waals surface area contributed by atoms with Crippen molar-refractivity contribution >= 4 is 22.5 Å². The number of H-pyrrole nitrogens is 1. The van der Waals surface area contributed by atoms with Crippen molar-refractivity contribution < 1.29 is 27.5 Å². The first-order chi connectivity index (χ1) is 18.1. The minimum Gasteiger partial charge on any atom is -0.387 e. The Kier molecular flexibility index (Phi) is 6.37. The number of hydrogen-bond donors (Lipinski definition) is 3. The molecule has 2 aromatic heterocycles. The summed E-state index contributed by atoms with van der Waals surface area (Å²) in [6.45, 7) is 1.54. The second-order valence-electron chi connectivity index (χ2n) is 8.47. The van der Waals surface area contributed by atoms with E-state index in [2.05, 4.69) is 25.5 Å². The van der Waals surface area contributed by atoms with Crippen molar-refractivity contribution in [3.8, 4) is 22.5 Å². The Hall–Kier alpha value is -4.64. The lowest BCUT2D eigenvalue weighted by atomic mass is 9.99. The molecule has 1 atom stereocenters. The first-order valence-electron chi connectivity index (χ1n) is 11.4. The molecule has 11 heteroatoms. The van der Waals surface area contributed by atoms with Gasteiger partial charge in [0.25, 0.3) is 5.91 Å². The molecule has 0 saturated carbocycles. The van der Waals surface area contributed by atoms with Gasteiger partial charge in [0.2, 0.25) is 0 Å². The highest BCUT2D eigenvalue weighted by Crippen LogP contribution is 2.39. The number of aromatic amines is 1. The fourth-order valence-corrected chi connectivity index (χ4v) is 4.19. The van der Waals surface area contributed by atoms with Gasteiger partial charge in [-0.2, -0.15) is 18.3 Å². The van der Waals surface area contributed by atoms with Crippen LogP contribution in [-0.4, -0.2) is 31.2 Å². The zero-order valence-corrected chi connectivity index (χ0v) is 19.7. The van der Waals surface area contributed by atoms with Crippen molar-refractivity contribution in [1.29, 1.82) is 0 Å². The minimum atomic E-state index is -4.91. The monoisotopic (exact) mass is 521 g/mol. The van der Waals surface area contributed by atoms with E-state index in [4.69, 9.17) is 0 Å². The Morgan fingerprint density at radius 2 is 1.71 bits per heavy atom. The van der Waals surface area contributed by atoms with Gasteiger partial charge < -0.3 is 10.4 Å². The highest BCUT2D eigenvalue weighted by Gasteiger charge is 2.36. The second kappa shape index (κ2) is 9.67. The maximum absolute atomic E-state index is 15.0. The van der Waals surface area contributed by atoms with Gasteiger partial charge in [0.05, 0.1) is 28.6 Å². The van der Waals surface area contributed by atoms with Gasteiger partial charge in [0.1, 0.15) is 11.3 Å². The predicted molar refractivity (Wildman–Crippen MR) is 133 cm³/mol. The summed E-state index contributed by atoms with van der Waals surface area (Å²) in [5.74, 6) is -2.68. The number of aromatic nitrogens is 4. The van der Waals surface area contributed by atoms with Crippen LogP contribution in [0.25, 0.3) is 33.4 Å². The molecule has 0 aliphatic rings. The number of hydrogen-bond acceptors (Lipinski definition) is 5. The second-order valence-corrected chi connectivity index (χ2v) is 8.47. The quantitative estimate of drug-likeness (QED) is 0.241. The van der Waals surface area contributed by atoms with E-state index < -0.39 is 40.7 Å². The third-order valence-electron chi connectivity index (χ3n) is 5.96. The molecule has 0 radical (unpaired) electrons. The Balaban J connectivity index is 1.66. The normalized spacial score (nSPS) is 12.5. The van der Waals surface area contributed by atoms with Crippen LogP contribution >= 0.6 is 0 Å². The van der Waals surface area contributed by atoms with Gasteiger partial charge in [0.15, 0.2) is 5.82 Å². The fraction of sp³-hybridized carbons (Fsp3) is 0.111. The Morgan fingerprint density at radius 3 is 2.37 bits per heavy atom. The number of fused-ring (bicyclic) bond motifs is 1. The van der Waals surface area contributed by atoms with E-state index in [1.165, 1.54) is 18.5 Å². The molecule has 0 aliphatic heterocycles. The van der Waals surface area contributed by atoms with Crippen molar-refractivity contribution in [2.24, 2.45) is 0 Å². The van der Waals surface area contributed by atoms with E-state index in [0.717, 1.165) is 6.07 Å². The molecule has 0 saturated heterocycles. The molecule has 2 heterocycles. The van der Waals surface area contributed by atoms with Gasteiger partial charge in [-0.05, 0) is 30.7 Å². The van der Waals surface area contributed by atoms with Crippen molar-refractivity contribution in [2.45, 2.75) is 19.2 Å². The molecule has 0 bridgehead atoms. The average Bonchev–Trinajstić information content (AvgIpc) is 3.34.